The molecule has 0 aromatic carbocycles. The number of likely N-dealkylation sites (N-methyl/N-ethyl adjacent to an activating group) is 1. The molecule has 9 nitrogen and oxygen atoms in total. The predicted molar refractivity (Wildman–Crippen MR) is 247 cm³/mol. The molecular formula is C48H100N3O6P. The fraction of sp³-hybridized carbons (Fsp3) is 0.979. The second kappa shape index (κ2) is 41.6. The van der Waals surface area contributed by atoms with Crippen molar-refractivity contribution in [1.82, 2.24) is 10.2 Å². The lowest BCUT2D eigenvalue weighted by molar-refractivity contribution is -0.870. The van der Waals surface area contributed by atoms with Crippen molar-refractivity contribution in [1.29, 1.82) is 0 Å². The summed E-state index contributed by atoms with van der Waals surface area (Å²) in [6, 6.07) is -0.232. The van der Waals surface area contributed by atoms with E-state index in [0.717, 1.165) is 32.1 Å². The molecule has 0 bridgehead atoms. The average Bonchev–Trinajstić information content (AvgIpc) is 3.18. The maximum absolute atomic E-state index is 12.9. The van der Waals surface area contributed by atoms with Gasteiger partial charge in [-0.15, -0.1) is 0 Å². The number of phosphoric ester groups is 1. The number of quaternary nitrogens is 1. The molecule has 10 heteroatoms. The lowest BCUT2D eigenvalue weighted by atomic mass is 10.0. The van der Waals surface area contributed by atoms with Gasteiger partial charge in [-0.05, 0) is 12.8 Å². The standard InChI is InChI=1S/C48H100N3O6P/c1-7-9-11-13-15-17-19-21-23-25-26-28-30-32-34-36-38-40-43-55-46-47(57-58(53,54)56-44-42-51(4,5)6)45-50(48(52)49-3)41-39-37-35-33-31-29-27-24-22-20-18-16-14-12-10-8-2/h47H,7-46H2,1-6H3,(H-,49,52,53,54). The Morgan fingerprint density at radius 1 is 0.569 bits per heavy atom. The summed E-state index contributed by atoms with van der Waals surface area (Å²) in [6.07, 6.45) is 43.7. The normalized spacial score (nSPS) is 13.5. The van der Waals surface area contributed by atoms with Crippen LogP contribution in [0.25, 0.3) is 0 Å². The number of nitrogens with one attached hydrogen (secondary N) is 1. The molecule has 0 rings (SSSR count). The third-order valence-corrected chi connectivity index (χ3v) is 12.5. The summed E-state index contributed by atoms with van der Waals surface area (Å²) >= 11 is 0. The molecule has 0 aliphatic carbocycles. The highest BCUT2D eigenvalue weighted by Crippen LogP contribution is 2.40. The van der Waals surface area contributed by atoms with Gasteiger partial charge in [0.15, 0.2) is 0 Å². The summed E-state index contributed by atoms with van der Waals surface area (Å²) in [5.74, 6) is 0. The summed E-state index contributed by atoms with van der Waals surface area (Å²) in [7, 11) is 2.97. The Bertz CT molecular complexity index is 920. The van der Waals surface area contributed by atoms with Crippen molar-refractivity contribution in [3.05, 3.63) is 0 Å². The highest BCUT2D eigenvalue weighted by molar-refractivity contribution is 7.45. The van der Waals surface area contributed by atoms with Crippen molar-refractivity contribution in [2.75, 3.05) is 67.6 Å². The molecule has 0 saturated heterocycles. The fourth-order valence-electron chi connectivity index (χ4n) is 7.61. The largest absolute Gasteiger partial charge is 0.756 e. The van der Waals surface area contributed by atoms with Crippen LogP contribution in [0.2, 0.25) is 0 Å². The maximum Gasteiger partial charge on any atom is 0.317 e. The first kappa shape index (κ1) is 57.3. The molecule has 0 spiro atoms. The van der Waals surface area contributed by atoms with E-state index in [-0.39, 0.29) is 25.8 Å². The quantitative estimate of drug-likeness (QED) is 0.0372. The van der Waals surface area contributed by atoms with E-state index in [1.807, 2.05) is 21.1 Å². The molecule has 1 N–H and O–H groups in total. The first-order valence-electron chi connectivity index (χ1n) is 25.0. The van der Waals surface area contributed by atoms with Crippen LogP contribution in [0.5, 0.6) is 0 Å². The van der Waals surface area contributed by atoms with Crippen LogP contribution in [-0.2, 0) is 18.3 Å². The first-order valence-corrected chi connectivity index (χ1v) is 26.5. The molecule has 0 aliphatic rings. The number of ether oxygens (including phenoxy) is 1. The van der Waals surface area contributed by atoms with E-state index in [4.69, 9.17) is 13.8 Å². The second-order valence-electron chi connectivity index (χ2n) is 18.4. The minimum absolute atomic E-state index is 0.0372. The highest BCUT2D eigenvalue weighted by Gasteiger charge is 2.24. The number of carbonyl (C=O) groups excluding carboxylic acids is 1. The number of nitrogens with zero attached hydrogens (tertiary/aromatic N) is 2. The molecule has 2 atom stereocenters. The van der Waals surface area contributed by atoms with Crippen LogP contribution >= 0.6 is 7.82 Å². The second-order valence-corrected chi connectivity index (χ2v) is 19.8. The van der Waals surface area contributed by atoms with Gasteiger partial charge in [0, 0.05) is 20.2 Å². The fourth-order valence-corrected chi connectivity index (χ4v) is 8.47. The molecule has 0 aliphatic heterocycles. The smallest absolute Gasteiger partial charge is 0.317 e. The SMILES string of the molecule is CCCCCCCCCCCCCCCCCCCCOCC(CN(CCCCCCCCCCCCCCCCCC)C(=O)NC)OP(=O)([O-])OCC[N+](C)(C)C. The van der Waals surface area contributed by atoms with Gasteiger partial charge in [-0.25, -0.2) is 4.79 Å². The molecule has 0 radical (unpaired) electrons. The molecule has 0 saturated carbocycles. The Hall–Kier alpha value is -0.700. The number of hydrogen-bond acceptors (Lipinski definition) is 6. The summed E-state index contributed by atoms with van der Waals surface area (Å²) < 4.78 is 30.2. The number of carbonyl (C=O) groups is 1. The number of amides is 2. The van der Waals surface area contributed by atoms with Crippen molar-refractivity contribution >= 4 is 13.9 Å². The van der Waals surface area contributed by atoms with E-state index < -0.39 is 13.9 Å². The highest BCUT2D eigenvalue weighted by atomic mass is 31.2. The topological polar surface area (TPSA) is 100 Å². The molecule has 0 fully saturated rings. The first-order chi connectivity index (χ1) is 28.0. The molecule has 2 unspecified atom stereocenters. The number of hydrogen-bond donors (Lipinski definition) is 1. The number of unbranched alkanes of at least 4 members (excludes halogenated alkanes) is 32. The van der Waals surface area contributed by atoms with Gasteiger partial charge in [0.2, 0.25) is 0 Å². The monoisotopic (exact) mass is 846 g/mol. The van der Waals surface area contributed by atoms with Gasteiger partial charge in [0.05, 0.1) is 34.3 Å². The van der Waals surface area contributed by atoms with E-state index in [0.29, 0.717) is 24.2 Å². The van der Waals surface area contributed by atoms with Gasteiger partial charge in [-0.2, -0.15) is 0 Å². The van der Waals surface area contributed by atoms with Gasteiger partial charge < -0.3 is 33.4 Å². The van der Waals surface area contributed by atoms with Crippen LogP contribution in [0.1, 0.15) is 232 Å². The molecule has 0 aromatic heterocycles. The molecule has 0 aromatic rings. The van der Waals surface area contributed by atoms with Crippen LogP contribution in [0.4, 0.5) is 4.79 Å². The van der Waals surface area contributed by atoms with Gasteiger partial charge in [-0.1, -0.05) is 219 Å². The lowest BCUT2D eigenvalue weighted by Gasteiger charge is -2.32. The number of phosphoric acid groups is 1. The molecular weight excluding hydrogens is 746 g/mol. The minimum atomic E-state index is -4.59. The average molecular weight is 846 g/mol. The minimum Gasteiger partial charge on any atom is -0.756 e. The molecule has 2 amide bonds. The Labute approximate surface area is 361 Å². The molecule has 348 valence electrons. The Balaban J connectivity index is 4.42. The summed E-state index contributed by atoms with van der Waals surface area (Å²) in [4.78, 5) is 27.4. The van der Waals surface area contributed by atoms with E-state index in [9.17, 15) is 14.3 Å². The van der Waals surface area contributed by atoms with E-state index in [1.165, 1.54) is 186 Å². The van der Waals surface area contributed by atoms with Crippen molar-refractivity contribution in [2.45, 2.75) is 238 Å². The third kappa shape index (κ3) is 42.0. The predicted octanol–water partition coefficient (Wildman–Crippen LogP) is 13.5. The number of rotatable bonds is 46. The van der Waals surface area contributed by atoms with Crippen molar-refractivity contribution < 1.29 is 32.5 Å². The number of urea groups is 1. The van der Waals surface area contributed by atoms with E-state index in [1.54, 1.807) is 11.9 Å². The van der Waals surface area contributed by atoms with Crippen LogP contribution < -0.4 is 10.2 Å². The van der Waals surface area contributed by atoms with E-state index >= 15 is 0 Å². The summed E-state index contributed by atoms with van der Waals surface area (Å²) in [5, 5.41) is 2.73. The maximum atomic E-state index is 12.9. The summed E-state index contributed by atoms with van der Waals surface area (Å²) in [6.45, 7) is 6.43. The lowest BCUT2D eigenvalue weighted by Crippen LogP contribution is -2.45. The van der Waals surface area contributed by atoms with Crippen LogP contribution in [0.15, 0.2) is 0 Å². The van der Waals surface area contributed by atoms with Gasteiger partial charge >= 0.3 is 6.03 Å². The Morgan fingerprint density at radius 3 is 1.26 bits per heavy atom. The van der Waals surface area contributed by atoms with Crippen molar-refractivity contribution in [3.8, 4) is 0 Å². The van der Waals surface area contributed by atoms with Crippen molar-refractivity contribution in [2.24, 2.45) is 0 Å². The zero-order valence-electron chi connectivity index (χ0n) is 39.7. The van der Waals surface area contributed by atoms with Gasteiger partial charge in [-0.3, -0.25) is 4.57 Å². The van der Waals surface area contributed by atoms with Crippen LogP contribution in [0.3, 0.4) is 0 Å². The van der Waals surface area contributed by atoms with Gasteiger partial charge in [0.1, 0.15) is 19.3 Å². The molecule has 0 heterocycles. The van der Waals surface area contributed by atoms with Crippen molar-refractivity contribution in [3.63, 3.8) is 0 Å². The van der Waals surface area contributed by atoms with Crippen LogP contribution in [0, 0.1) is 0 Å². The zero-order valence-corrected chi connectivity index (χ0v) is 40.5. The Kier molecular flexibility index (Phi) is 41.1. The van der Waals surface area contributed by atoms with Crippen LogP contribution in [-0.4, -0.2) is 89.2 Å². The third-order valence-electron chi connectivity index (χ3n) is 11.4. The zero-order chi connectivity index (χ0) is 42.8. The summed E-state index contributed by atoms with van der Waals surface area (Å²) in [5.41, 5.74) is 0. The van der Waals surface area contributed by atoms with Gasteiger partial charge in [0.25, 0.3) is 7.82 Å². The molecule has 58 heavy (non-hydrogen) atoms. The Morgan fingerprint density at radius 2 is 0.914 bits per heavy atom. The van der Waals surface area contributed by atoms with E-state index in [2.05, 4.69) is 19.2 Å².